The maximum atomic E-state index is 12.0. The molecule has 0 aliphatic carbocycles. The molecule has 0 aliphatic rings. The van der Waals surface area contributed by atoms with E-state index >= 15 is 0 Å². The first-order valence-corrected chi connectivity index (χ1v) is 6.08. The summed E-state index contributed by atoms with van der Waals surface area (Å²) in [5.41, 5.74) is 6.47. The van der Waals surface area contributed by atoms with E-state index < -0.39 is 5.91 Å². The highest BCUT2D eigenvalue weighted by atomic mass is 35.5. The van der Waals surface area contributed by atoms with Crippen molar-refractivity contribution in [1.82, 2.24) is 0 Å². The molecule has 0 saturated carbocycles. The summed E-state index contributed by atoms with van der Waals surface area (Å²) in [6, 6.07) is 9.13. The van der Waals surface area contributed by atoms with Gasteiger partial charge in [0.1, 0.15) is 5.75 Å². The van der Waals surface area contributed by atoms with Gasteiger partial charge in [0, 0.05) is 5.02 Å². The second-order valence-electron chi connectivity index (χ2n) is 3.82. The van der Waals surface area contributed by atoms with Gasteiger partial charge in [-0.15, -0.1) is 0 Å². The third kappa shape index (κ3) is 2.92. The number of carbonyl (C=O) groups excluding carboxylic acids is 1. The van der Waals surface area contributed by atoms with Crippen molar-refractivity contribution < 1.29 is 9.90 Å². The molecule has 4 N–H and O–H groups in total. The van der Waals surface area contributed by atoms with Gasteiger partial charge in [-0.3, -0.25) is 4.79 Å². The van der Waals surface area contributed by atoms with E-state index in [-0.39, 0.29) is 16.3 Å². The van der Waals surface area contributed by atoms with Crippen LogP contribution in [0.15, 0.2) is 36.4 Å². The zero-order valence-corrected chi connectivity index (χ0v) is 11.2. The number of hydrogen-bond acceptors (Lipinski definition) is 3. The van der Waals surface area contributed by atoms with Gasteiger partial charge in [-0.25, -0.2) is 0 Å². The van der Waals surface area contributed by atoms with Crippen molar-refractivity contribution in [1.29, 1.82) is 0 Å². The minimum absolute atomic E-state index is 0.0999. The molecular formula is C13H10Cl2N2O2. The summed E-state index contributed by atoms with van der Waals surface area (Å²) < 4.78 is 0. The van der Waals surface area contributed by atoms with Crippen molar-refractivity contribution in [3.8, 4) is 5.75 Å². The molecule has 6 heteroatoms. The Labute approximate surface area is 119 Å². The molecule has 19 heavy (non-hydrogen) atoms. The molecule has 4 nitrogen and oxygen atoms in total. The minimum Gasteiger partial charge on any atom is -0.507 e. The number of nitrogens with one attached hydrogen (secondary N) is 1. The molecule has 98 valence electrons. The summed E-state index contributed by atoms with van der Waals surface area (Å²) in [6.07, 6.45) is 0. The quantitative estimate of drug-likeness (QED) is 0.742. The van der Waals surface area contributed by atoms with E-state index in [0.717, 1.165) is 0 Å². The number of halogens is 2. The third-order valence-corrected chi connectivity index (χ3v) is 3.14. The molecule has 2 aromatic rings. The molecule has 0 aliphatic heterocycles. The van der Waals surface area contributed by atoms with E-state index in [0.29, 0.717) is 16.4 Å². The number of phenolic OH excluding ortho intramolecular Hbond substituents is 1. The molecule has 1 amide bonds. The van der Waals surface area contributed by atoms with Gasteiger partial charge < -0.3 is 16.2 Å². The van der Waals surface area contributed by atoms with Crippen molar-refractivity contribution in [2.75, 3.05) is 11.1 Å². The fraction of sp³-hybridized carbons (Fsp3) is 0. The SMILES string of the molecule is Nc1cccc(NC(=O)c2ccc(Cl)cc2O)c1Cl. The average Bonchev–Trinajstić information content (AvgIpc) is 2.34. The summed E-state index contributed by atoms with van der Waals surface area (Å²) >= 11 is 11.7. The monoisotopic (exact) mass is 296 g/mol. The Kier molecular flexibility index (Phi) is 3.83. The van der Waals surface area contributed by atoms with E-state index in [2.05, 4.69) is 5.32 Å². The predicted molar refractivity (Wildman–Crippen MR) is 76.9 cm³/mol. The number of nitrogen functional groups attached to an aromatic ring is 1. The van der Waals surface area contributed by atoms with Gasteiger partial charge >= 0.3 is 0 Å². The predicted octanol–water partition coefficient (Wildman–Crippen LogP) is 3.53. The lowest BCUT2D eigenvalue weighted by molar-refractivity contribution is 0.102. The van der Waals surface area contributed by atoms with Crippen LogP contribution in [0.25, 0.3) is 0 Å². The number of amides is 1. The molecule has 0 bridgehead atoms. The van der Waals surface area contributed by atoms with Crippen LogP contribution in [0.2, 0.25) is 10.0 Å². The van der Waals surface area contributed by atoms with Gasteiger partial charge in [-0.05, 0) is 30.3 Å². The zero-order chi connectivity index (χ0) is 14.0. The molecular weight excluding hydrogens is 287 g/mol. The molecule has 0 radical (unpaired) electrons. The molecule has 0 aromatic heterocycles. The molecule has 2 aromatic carbocycles. The summed E-state index contributed by atoms with van der Waals surface area (Å²) in [4.78, 5) is 12.0. The number of aromatic hydroxyl groups is 1. The smallest absolute Gasteiger partial charge is 0.259 e. The summed E-state index contributed by atoms with van der Waals surface area (Å²) in [5.74, 6) is -0.702. The number of carbonyl (C=O) groups is 1. The van der Waals surface area contributed by atoms with Crippen LogP contribution in [0, 0.1) is 0 Å². The van der Waals surface area contributed by atoms with Gasteiger partial charge in [0.25, 0.3) is 5.91 Å². The lowest BCUT2D eigenvalue weighted by Crippen LogP contribution is -2.12. The van der Waals surface area contributed by atoms with Crippen LogP contribution in [0.1, 0.15) is 10.4 Å². The van der Waals surface area contributed by atoms with Crippen LogP contribution in [-0.4, -0.2) is 11.0 Å². The van der Waals surface area contributed by atoms with Crippen molar-refractivity contribution in [2.45, 2.75) is 0 Å². The average molecular weight is 297 g/mol. The second kappa shape index (κ2) is 5.38. The molecule has 0 spiro atoms. The largest absolute Gasteiger partial charge is 0.507 e. The number of benzene rings is 2. The molecule has 2 rings (SSSR count). The van der Waals surface area contributed by atoms with Gasteiger partial charge in [-0.1, -0.05) is 29.3 Å². The lowest BCUT2D eigenvalue weighted by Gasteiger charge is -2.09. The summed E-state index contributed by atoms with van der Waals surface area (Å²) in [6.45, 7) is 0. The number of anilines is 2. The van der Waals surface area contributed by atoms with Crippen LogP contribution < -0.4 is 11.1 Å². The highest BCUT2D eigenvalue weighted by Gasteiger charge is 2.13. The van der Waals surface area contributed by atoms with E-state index in [1.165, 1.54) is 18.2 Å². The van der Waals surface area contributed by atoms with Gasteiger partial charge in [-0.2, -0.15) is 0 Å². The number of rotatable bonds is 2. The topological polar surface area (TPSA) is 75.3 Å². The minimum atomic E-state index is -0.498. The maximum Gasteiger partial charge on any atom is 0.259 e. The van der Waals surface area contributed by atoms with E-state index in [9.17, 15) is 9.90 Å². The van der Waals surface area contributed by atoms with Gasteiger partial charge in [0.15, 0.2) is 0 Å². The Morgan fingerprint density at radius 2 is 1.95 bits per heavy atom. The number of nitrogens with two attached hydrogens (primary N) is 1. The van der Waals surface area contributed by atoms with Crippen LogP contribution >= 0.6 is 23.2 Å². The van der Waals surface area contributed by atoms with Crippen LogP contribution in [-0.2, 0) is 0 Å². The Balaban J connectivity index is 2.28. The standard InChI is InChI=1S/C13H10Cl2N2O2/c14-7-4-5-8(11(18)6-7)13(19)17-10-3-1-2-9(16)12(10)15/h1-6,18H,16H2,(H,17,19). The normalized spacial score (nSPS) is 10.2. The summed E-state index contributed by atoms with van der Waals surface area (Å²) in [7, 11) is 0. The Morgan fingerprint density at radius 1 is 1.21 bits per heavy atom. The number of phenols is 1. The maximum absolute atomic E-state index is 12.0. The molecule has 0 fully saturated rings. The Hall–Kier alpha value is -1.91. The second-order valence-corrected chi connectivity index (χ2v) is 4.64. The fourth-order valence-corrected chi connectivity index (χ4v) is 1.87. The van der Waals surface area contributed by atoms with Crippen LogP contribution in [0.5, 0.6) is 5.75 Å². The van der Waals surface area contributed by atoms with Crippen LogP contribution in [0.3, 0.4) is 0 Å². The van der Waals surface area contributed by atoms with Crippen molar-refractivity contribution >= 4 is 40.5 Å². The Morgan fingerprint density at radius 3 is 2.63 bits per heavy atom. The van der Waals surface area contributed by atoms with Crippen molar-refractivity contribution in [3.63, 3.8) is 0 Å². The first kappa shape index (κ1) is 13.5. The van der Waals surface area contributed by atoms with E-state index in [1.54, 1.807) is 18.2 Å². The Bertz CT molecular complexity index is 645. The van der Waals surface area contributed by atoms with Gasteiger partial charge in [0.2, 0.25) is 0 Å². The molecule has 0 unspecified atom stereocenters. The third-order valence-electron chi connectivity index (χ3n) is 2.48. The van der Waals surface area contributed by atoms with Gasteiger partial charge in [0.05, 0.1) is 22.0 Å². The van der Waals surface area contributed by atoms with Crippen molar-refractivity contribution in [2.24, 2.45) is 0 Å². The zero-order valence-electron chi connectivity index (χ0n) is 9.65. The van der Waals surface area contributed by atoms with Crippen LogP contribution in [0.4, 0.5) is 11.4 Å². The molecule has 0 heterocycles. The molecule has 0 saturated heterocycles. The molecule has 0 atom stereocenters. The fourth-order valence-electron chi connectivity index (χ4n) is 1.53. The van der Waals surface area contributed by atoms with E-state index in [4.69, 9.17) is 28.9 Å². The highest BCUT2D eigenvalue weighted by molar-refractivity contribution is 6.36. The van der Waals surface area contributed by atoms with E-state index in [1.807, 2.05) is 0 Å². The first-order valence-electron chi connectivity index (χ1n) is 5.33. The summed E-state index contributed by atoms with van der Waals surface area (Å²) in [5, 5.41) is 12.8. The lowest BCUT2D eigenvalue weighted by atomic mass is 10.2. The first-order chi connectivity index (χ1) is 8.99. The van der Waals surface area contributed by atoms with Crippen molar-refractivity contribution in [3.05, 3.63) is 52.0 Å². The number of hydrogen-bond donors (Lipinski definition) is 3. The highest BCUT2D eigenvalue weighted by Crippen LogP contribution is 2.29.